The Kier molecular flexibility index (Phi) is 3.29. The summed E-state index contributed by atoms with van der Waals surface area (Å²) in [7, 11) is 1.54. The summed E-state index contributed by atoms with van der Waals surface area (Å²) in [6, 6.07) is 5.41. The Morgan fingerprint density at radius 2 is 2.31 bits per heavy atom. The minimum atomic E-state index is -0.214. The van der Waals surface area contributed by atoms with Crippen molar-refractivity contribution in [2.45, 2.75) is 13.0 Å². The second-order valence-corrected chi connectivity index (χ2v) is 4.12. The molecule has 1 fully saturated rings. The molecule has 0 aliphatic carbocycles. The second-order valence-electron chi connectivity index (χ2n) is 4.12. The summed E-state index contributed by atoms with van der Waals surface area (Å²) in [5.74, 6) is 0.345. The number of nitrogens with one attached hydrogen (secondary N) is 1. The highest BCUT2D eigenvalue weighted by Gasteiger charge is 2.18. The van der Waals surface area contributed by atoms with E-state index in [1.165, 1.54) is 6.07 Å². The zero-order valence-corrected chi connectivity index (χ0v) is 9.66. The summed E-state index contributed by atoms with van der Waals surface area (Å²) in [6.45, 7) is 4.68. The Labute approximate surface area is 95.2 Å². The van der Waals surface area contributed by atoms with Gasteiger partial charge in [0, 0.05) is 31.7 Å². The average molecular weight is 224 g/mol. The van der Waals surface area contributed by atoms with E-state index >= 15 is 0 Å². The van der Waals surface area contributed by atoms with Gasteiger partial charge in [-0.25, -0.2) is 4.39 Å². The lowest BCUT2D eigenvalue weighted by atomic mass is 10.2. The molecule has 16 heavy (non-hydrogen) atoms. The van der Waals surface area contributed by atoms with Crippen LogP contribution in [0.15, 0.2) is 18.2 Å². The number of hydrogen-bond donors (Lipinski definition) is 1. The number of halogens is 1. The van der Waals surface area contributed by atoms with E-state index in [0.717, 1.165) is 19.6 Å². The minimum absolute atomic E-state index is 0.214. The fourth-order valence-electron chi connectivity index (χ4n) is 2.02. The molecule has 0 radical (unpaired) electrons. The van der Waals surface area contributed by atoms with E-state index < -0.39 is 0 Å². The number of benzene rings is 1. The lowest BCUT2D eigenvalue weighted by molar-refractivity contribution is 0.410. The molecule has 0 spiro atoms. The van der Waals surface area contributed by atoms with Crippen LogP contribution in [0.2, 0.25) is 0 Å². The number of methoxy groups -OCH3 is 1. The molecular formula is C12H17FN2O. The quantitative estimate of drug-likeness (QED) is 0.826. The Morgan fingerprint density at radius 3 is 2.94 bits per heavy atom. The molecule has 4 heteroatoms. The van der Waals surface area contributed by atoms with Crippen molar-refractivity contribution < 1.29 is 9.13 Å². The van der Waals surface area contributed by atoms with Crippen molar-refractivity contribution in [2.75, 3.05) is 31.6 Å². The van der Waals surface area contributed by atoms with Gasteiger partial charge in [-0.15, -0.1) is 0 Å². The Bertz CT molecular complexity index is 370. The molecule has 0 bridgehead atoms. The topological polar surface area (TPSA) is 24.5 Å². The van der Waals surface area contributed by atoms with Gasteiger partial charge in [0.1, 0.15) is 11.6 Å². The molecule has 3 nitrogen and oxygen atoms in total. The van der Waals surface area contributed by atoms with Crippen molar-refractivity contribution in [1.29, 1.82) is 0 Å². The van der Waals surface area contributed by atoms with Gasteiger partial charge >= 0.3 is 0 Å². The predicted molar refractivity (Wildman–Crippen MR) is 62.6 cm³/mol. The van der Waals surface area contributed by atoms with Crippen molar-refractivity contribution >= 4 is 5.69 Å². The maximum atomic E-state index is 13.8. The molecule has 1 aliphatic heterocycles. The van der Waals surface area contributed by atoms with Crippen molar-refractivity contribution in [3.8, 4) is 5.75 Å². The molecule has 2 rings (SSSR count). The minimum Gasteiger partial charge on any atom is -0.497 e. The molecule has 0 saturated carbocycles. The maximum Gasteiger partial charge on any atom is 0.150 e. The Balaban J connectivity index is 2.19. The van der Waals surface area contributed by atoms with Crippen LogP contribution in [0.5, 0.6) is 5.75 Å². The first-order valence-corrected chi connectivity index (χ1v) is 5.52. The highest BCUT2D eigenvalue weighted by molar-refractivity contribution is 5.51. The number of anilines is 1. The monoisotopic (exact) mass is 224 g/mol. The van der Waals surface area contributed by atoms with Gasteiger partial charge in [0.05, 0.1) is 12.8 Å². The number of hydrogen-bond acceptors (Lipinski definition) is 3. The molecule has 1 aromatic carbocycles. The molecule has 1 heterocycles. The van der Waals surface area contributed by atoms with Crippen LogP contribution in [0.3, 0.4) is 0 Å². The highest BCUT2D eigenvalue weighted by atomic mass is 19.1. The Morgan fingerprint density at radius 1 is 1.50 bits per heavy atom. The first kappa shape index (κ1) is 11.2. The largest absolute Gasteiger partial charge is 0.497 e. The highest BCUT2D eigenvalue weighted by Crippen LogP contribution is 2.24. The van der Waals surface area contributed by atoms with Gasteiger partial charge < -0.3 is 15.0 Å². The molecule has 1 aliphatic rings. The van der Waals surface area contributed by atoms with Crippen LogP contribution in [-0.4, -0.2) is 32.8 Å². The lowest BCUT2D eigenvalue weighted by Crippen LogP contribution is -2.49. The molecule has 1 unspecified atom stereocenters. The average Bonchev–Trinajstić information content (AvgIpc) is 2.28. The van der Waals surface area contributed by atoms with Gasteiger partial charge in [-0.1, -0.05) is 0 Å². The third kappa shape index (κ3) is 2.27. The fraction of sp³-hybridized carbons (Fsp3) is 0.500. The molecule has 0 aromatic heterocycles. The SMILES string of the molecule is COc1ccc(N2CCNC(C)C2)c(F)c1. The van der Waals surface area contributed by atoms with Crippen molar-refractivity contribution in [1.82, 2.24) is 5.32 Å². The zero-order chi connectivity index (χ0) is 11.5. The summed E-state index contributed by atoms with van der Waals surface area (Å²) in [4.78, 5) is 2.07. The normalized spacial score (nSPS) is 20.9. The van der Waals surface area contributed by atoms with Gasteiger partial charge in [0.15, 0.2) is 0 Å². The molecule has 1 saturated heterocycles. The van der Waals surface area contributed by atoms with Crippen LogP contribution in [0.1, 0.15) is 6.92 Å². The van der Waals surface area contributed by atoms with E-state index in [0.29, 0.717) is 17.5 Å². The molecule has 0 amide bonds. The third-order valence-corrected chi connectivity index (χ3v) is 2.86. The number of rotatable bonds is 2. The van der Waals surface area contributed by atoms with Crippen molar-refractivity contribution in [3.05, 3.63) is 24.0 Å². The smallest absolute Gasteiger partial charge is 0.150 e. The van der Waals surface area contributed by atoms with E-state index in [2.05, 4.69) is 17.1 Å². The summed E-state index contributed by atoms with van der Waals surface area (Å²) >= 11 is 0. The van der Waals surface area contributed by atoms with Crippen LogP contribution in [0.4, 0.5) is 10.1 Å². The third-order valence-electron chi connectivity index (χ3n) is 2.86. The van der Waals surface area contributed by atoms with Crippen molar-refractivity contribution in [2.24, 2.45) is 0 Å². The second kappa shape index (κ2) is 4.70. The van der Waals surface area contributed by atoms with E-state index in [-0.39, 0.29) is 5.82 Å². The summed E-state index contributed by atoms with van der Waals surface area (Å²) in [6.07, 6.45) is 0. The summed E-state index contributed by atoms with van der Waals surface area (Å²) in [5, 5.41) is 3.33. The summed E-state index contributed by atoms with van der Waals surface area (Å²) < 4.78 is 18.8. The lowest BCUT2D eigenvalue weighted by Gasteiger charge is -2.33. The first-order valence-electron chi connectivity index (χ1n) is 5.52. The Hall–Kier alpha value is -1.29. The van der Waals surface area contributed by atoms with Crippen LogP contribution in [0, 0.1) is 5.82 Å². The van der Waals surface area contributed by atoms with Crippen molar-refractivity contribution in [3.63, 3.8) is 0 Å². The van der Waals surface area contributed by atoms with E-state index in [4.69, 9.17) is 4.74 Å². The van der Waals surface area contributed by atoms with E-state index in [9.17, 15) is 4.39 Å². The first-order chi connectivity index (χ1) is 7.70. The van der Waals surface area contributed by atoms with E-state index in [1.54, 1.807) is 19.2 Å². The molecular weight excluding hydrogens is 207 g/mol. The van der Waals surface area contributed by atoms with Gasteiger partial charge in [-0.05, 0) is 19.1 Å². The maximum absolute atomic E-state index is 13.8. The van der Waals surface area contributed by atoms with Crippen LogP contribution < -0.4 is 15.0 Å². The number of ether oxygens (including phenoxy) is 1. The molecule has 1 aromatic rings. The standard InChI is InChI=1S/C12H17FN2O/c1-9-8-15(6-5-14-9)12-4-3-10(16-2)7-11(12)13/h3-4,7,9,14H,5-6,8H2,1-2H3. The van der Waals surface area contributed by atoms with Crippen LogP contribution in [-0.2, 0) is 0 Å². The van der Waals surface area contributed by atoms with Crippen LogP contribution in [0.25, 0.3) is 0 Å². The van der Waals surface area contributed by atoms with Gasteiger partial charge in [0.2, 0.25) is 0 Å². The fourth-order valence-corrected chi connectivity index (χ4v) is 2.02. The molecule has 1 atom stereocenters. The van der Waals surface area contributed by atoms with Gasteiger partial charge in [-0.3, -0.25) is 0 Å². The number of piperazine rings is 1. The molecule has 1 N–H and O–H groups in total. The number of nitrogens with zero attached hydrogens (tertiary/aromatic N) is 1. The zero-order valence-electron chi connectivity index (χ0n) is 9.66. The molecule has 88 valence electrons. The van der Waals surface area contributed by atoms with Gasteiger partial charge in [-0.2, -0.15) is 0 Å². The summed E-state index contributed by atoms with van der Waals surface area (Å²) in [5.41, 5.74) is 0.661. The van der Waals surface area contributed by atoms with Gasteiger partial charge in [0.25, 0.3) is 0 Å². The predicted octanol–water partition coefficient (Wildman–Crippen LogP) is 1.63. The van der Waals surface area contributed by atoms with E-state index in [1.807, 2.05) is 0 Å². The van der Waals surface area contributed by atoms with Crippen LogP contribution >= 0.6 is 0 Å².